The van der Waals surface area contributed by atoms with Crippen LogP contribution in [0.3, 0.4) is 0 Å². The number of nitrogens with one attached hydrogen (secondary N) is 1. The molecule has 0 bridgehead atoms. The van der Waals surface area contributed by atoms with Gasteiger partial charge in [-0.25, -0.2) is 0 Å². The molecular weight excluding hydrogens is 302 g/mol. The van der Waals surface area contributed by atoms with E-state index in [9.17, 15) is 4.79 Å². The van der Waals surface area contributed by atoms with E-state index in [1.165, 1.54) is 5.56 Å². The first kappa shape index (κ1) is 15.9. The van der Waals surface area contributed by atoms with Crippen LogP contribution in [0.5, 0.6) is 0 Å². The van der Waals surface area contributed by atoms with Gasteiger partial charge in [-0.05, 0) is 48.1 Å². The van der Waals surface area contributed by atoms with Crippen molar-refractivity contribution in [2.75, 3.05) is 12.8 Å². The minimum Gasteiger partial charge on any atom is -0.352 e. The predicted molar refractivity (Wildman–Crippen MR) is 91.2 cm³/mol. The summed E-state index contributed by atoms with van der Waals surface area (Å²) in [5.41, 5.74) is 3.06. The van der Waals surface area contributed by atoms with Crippen LogP contribution in [0.15, 0.2) is 48.5 Å². The molecule has 0 atom stereocenters. The van der Waals surface area contributed by atoms with E-state index in [2.05, 4.69) is 11.6 Å². The van der Waals surface area contributed by atoms with Crippen molar-refractivity contribution in [1.82, 2.24) is 5.32 Å². The van der Waals surface area contributed by atoms with Gasteiger partial charge in [0.05, 0.1) is 0 Å². The number of carbonyl (C=O) groups excluding carboxylic acids is 1. The molecule has 21 heavy (non-hydrogen) atoms. The van der Waals surface area contributed by atoms with E-state index in [1.807, 2.05) is 48.5 Å². The van der Waals surface area contributed by atoms with Gasteiger partial charge in [0.1, 0.15) is 0 Å². The van der Waals surface area contributed by atoms with Crippen LogP contribution < -0.4 is 5.32 Å². The lowest BCUT2D eigenvalue weighted by Gasteiger charge is -2.07. The first-order valence-corrected chi connectivity index (χ1v) is 8.57. The zero-order chi connectivity index (χ0) is 15.1. The van der Waals surface area contributed by atoms with Crippen molar-refractivity contribution in [2.24, 2.45) is 0 Å². The molecule has 2 nitrogen and oxygen atoms in total. The molecule has 0 aliphatic heterocycles. The minimum atomic E-state index is -0.0214. The van der Waals surface area contributed by atoms with Gasteiger partial charge in [-0.1, -0.05) is 35.9 Å². The van der Waals surface area contributed by atoms with Crippen molar-refractivity contribution in [3.8, 4) is 0 Å². The van der Waals surface area contributed by atoms with E-state index in [1.54, 1.807) is 11.8 Å². The SMILES string of the molecule is CSCc1cccc(C(=O)NCCc2ccc(Cl)cc2)c1. The molecule has 0 aliphatic rings. The largest absolute Gasteiger partial charge is 0.352 e. The summed E-state index contributed by atoms with van der Waals surface area (Å²) in [7, 11) is 0. The Morgan fingerprint density at radius 3 is 2.62 bits per heavy atom. The topological polar surface area (TPSA) is 29.1 Å². The zero-order valence-electron chi connectivity index (χ0n) is 11.9. The molecule has 2 aromatic carbocycles. The molecule has 0 heterocycles. The van der Waals surface area contributed by atoms with Crippen molar-refractivity contribution >= 4 is 29.3 Å². The van der Waals surface area contributed by atoms with E-state index in [0.29, 0.717) is 6.54 Å². The van der Waals surface area contributed by atoms with Crippen LogP contribution in [-0.2, 0) is 12.2 Å². The summed E-state index contributed by atoms with van der Waals surface area (Å²) in [4.78, 5) is 12.1. The van der Waals surface area contributed by atoms with E-state index in [0.717, 1.165) is 28.3 Å². The molecule has 0 radical (unpaired) electrons. The van der Waals surface area contributed by atoms with Gasteiger partial charge in [0.25, 0.3) is 5.91 Å². The molecule has 0 fully saturated rings. The smallest absolute Gasteiger partial charge is 0.251 e. The average Bonchev–Trinajstić information content (AvgIpc) is 2.50. The number of halogens is 1. The van der Waals surface area contributed by atoms with E-state index in [4.69, 9.17) is 11.6 Å². The third-order valence-corrected chi connectivity index (χ3v) is 3.99. The Morgan fingerprint density at radius 2 is 1.90 bits per heavy atom. The van der Waals surface area contributed by atoms with Gasteiger partial charge in [0.15, 0.2) is 0 Å². The fourth-order valence-electron chi connectivity index (χ4n) is 2.04. The first-order valence-electron chi connectivity index (χ1n) is 6.79. The van der Waals surface area contributed by atoms with Crippen LogP contribution in [-0.4, -0.2) is 18.7 Å². The Balaban J connectivity index is 1.86. The summed E-state index contributed by atoms with van der Waals surface area (Å²) in [6.45, 7) is 0.618. The second-order valence-corrected chi connectivity index (χ2v) is 6.07. The third kappa shape index (κ3) is 5.10. The van der Waals surface area contributed by atoms with Gasteiger partial charge < -0.3 is 5.32 Å². The monoisotopic (exact) mass is 319 g/mol. The van der Waals surface area contributed by atoms with Crippen molar-refractivity contribution < 1.29 is 4.79 Å². The molecule has 0 saturated carbocycles. The number of carbonyl (C=O) groups is 1. The Labute approximate surface area is 134 Å². The quantitative estimate of drug-likeness (QED) is 0.865. The second kappa shape index (κ2) is 8.11. The molecule has 0 aliphatic carbocycles. The molecule has 1 N–H and O–H groups in total. The van der Waals surface area contributed by atoms with Crippen LogP contribution in [0.2, 0.25) is 5.02 Å². The maximum Gasteiger partial charge on any atom is 0.251 e. The maximum atomic E-state index is 12.1. The summed E-state index contributed by atoms with van der Waals surface area (Å²) in [5.74, 6) is 0.901. The van der Waals surface area contributed by atoms with Crippen LogP contribution in [0.4, 0.5) is 0 Å². The van der Waals surface area contributed by atoms with E-state index < -0.39 is 0 Å². The normalized spacial score (nSPS) is 10.4. The molecule has 2 aromatic rings. The number of hydrogen-bond donors (Lipinski definition) is 1. The summed E-state index contributed by atoms with van der Waals surface area (Å²) < 4.78 is 0. The Bertz CT molecular complexity index is 598. The van der Waals surface area contributed by atoms with Gasteiger partial charge in [-0.3, -0.25) is 4.79 Å². The molecule has 110 valence electrons. The maximum absolute atomic E-state index is 12.1. The standard InChI is InChI=1S/C17H18ClNOS/c1-21-12-14-3-2-4-15(11-14)17(20)19-10-9-13-5-7-16(18)8-6-13/h2-8,11H,9-10,12H2,1H3,(H,19,20). The summed E-state index contributed by atoms with van der Waals surface area (Å²) >= 11 is 7.59. The van der Waals surface area contributed by atoms with Crippen molar-refractivity contribution in [2.45, 2.75) is 12.2 Å². The highest BCUT2D eigenvalue weighted by atomic mass is 35.5. The zero-order valence-corrected chi connectivity index (χ0v) is 13.5. The van der Waals surface area contributed by atoms with Gasteiger partial charge in [-0.15, -0.1) is 0 Å². The lowest BCUT2D eigenvalue weighted by molar-refractivity contribution is 0.0954. The van der Waals surface area contributed by atoms with Crippen LogP contribution in [0.25, 0.3) is 0 Å². The summed E-state index contributed by atoms with van der Waals surface area (Å²) in [6, 6.07) is 15.5. The van der Waals surface area contributed by atoms with Crippen LogP contribution >= 0.6 is 23.4 Å². The molecule has 4 heteroatoms. The van der Waals surface area contributed by atoms with Crippen molar-refractivity contribution in [3.63, 3.8) is 0 Å². The lowest BCUT2D eigenvalue weighted by Crippen LogP contribution is -2.25. The highest BCUT2D eigenvalue weighted by Gasteiger charge is 2.05. The number of benzene rings is 2. The molecular formula is C17H18ClNOS. The minimum absolute atomic E-state index is 0.0214. The number of rotatable bonds is 6. The highest BCUT2D eigenvalue weighted by molar-refractivity contribution is 7.97. The molecule has 0 saturated heterocycles. The molecule has 2 rings (SSSR count). The Morgan fingerprint density at radius 1 is 1.14 bits per heavy atom. The Kier molecular flexibility index (Phi) is 6.15. The van der Waals surface area contributed by atoms with Gasteiger partial charge in [0, 0.05) is 22.9 Å². The van der Waals surface area contributed by atoms with Crippen LogP contribution in [0, 0.1) is 0 Å². The number of thioether (sulfide) groups is 1. The third-order valence-electron chi connectivity index (χ3n) is 3.11. The number of amides is 1. The molecule has 0 spiro atoms. The lowest BCUT2D eigenvalue weighted by atomic mass is 10.1. The van der Waals surface area contributed by atoms with E-state index >= 15 is 0 Å². The van der Waals surface area contributed by atoms with E-state index in [-0.39, 0.29) is 5.91 Å². The fourth-order valence-corrected chi connectivity index (χ4v) is 2.68. The fraction of sp³-hybridized carbons (Fsp3) is 0.235. The van der Waals surface area contributed by atoms with Gasteiger partial charge in [0.2, 0.25) is 0 Å². The van der Waals surface area contributed by atoms with Gasteiger partial charge in [-0.2, -0.15) is 11.8 Å². The Hall–Kier alpha value is -1.45. The number of hydrogen-bond acceptors (Lipinski definition) is 2. The average molecular weight is 320 g/mol. The van der Waals surface area contributed by atoms with Crippen molar-refractivity contribution in [1.29, 1.82) is 0 Å². The highest BCUT2D eigenvalue weighted by Crippen LogP contribution is 2.12. The van der Waals surface area contributed by atoms with Gasteiger partial charge >= 0.3 is 0 Å². The molecule has 0 aromatic heterocycles. The second-order valence-electron chi connectivity index (χ2n) is 4.77. The predicted octanol–water partition coefficient (Wildman–Crippen LogP) is 4.18. The first-order chi connectivity index (χ1) is 10.2. The van der Waals surface area contributed by atoms with Crippen molar-refractivity contribution in [3.05, 3.63) is 70.2 Å². The summed E-state index contributed by atoms with van der Waals surface area (Å²) in [6.07, 6.45) is 2.85. The molecule has 0 unspecified atom stereocenters. The summed E-state index contributed by atoms with van der Waals surface area (Å²) in [5, 5.41) is 3.68. The van der Waals surface area contributed by atoms with Crippen LogP contribution in [0.1, 0.15) is 21.5 Å². The molecule has 1 amide bonds.